The Balaban J connectivity index is 2.12. The molecule has 156 valence electrons. The predicted octanol–water partition coefficient (Wildman–Crippen LogP) is 2.98. The molecule has 0 aromatic heterocycles. The van der Waals surface area contributed by atoms with E-state index in [0.717, 1.165) is 4.90 Å². The molecule has 0 radical (unpaired) electrons. The van der Waals surface area contributed by atoms with E-state index < -0.39 is 39.6 Å². The quantitative estimate of drug-likeness (QED) is 0.663. The third kappa shape index (κ3) is 5.50. The number of carbonyl (C=O) groups excluding carboxylic acids is 1. The van der Waals surface area contributed by atoms with E-state index in [1.54, 1.807) is 20.8 Å². The van der Waals surface area contributed by atoms with Gasteiger partial charge in [0.05, 0.1) is 16.5 Å². The maximum Gasteiger partial charge on any atom is 0.407 e. The molecule has 28 heavy (non-hydrogen) atoms. The summed E-state index contributed by atoms with van der Waals surface area (Å²) < 4.78 is 32.9. The van der Waals surface area contributed by atoms with Crippen LogP contribution < -0.4 is 4.72 Å². The van der Waals surface area contributed by atoms with Gasteiger partial charge in [-0.05, 0) is 45.4 Å². The molecule has 8 nitrogen and oxygen atoms in total. The van der Waals surface area contributed by atoms with Crippen LogP contribution >= 0.6 is 23.2 Å². The van der Waals surface area contributed by atoms with Crippen molar-refractivity contribution in [1.29, 1.82) is 0 Å². The lowest BCUT2D eigenvalue weighted by molar-refractivity contribution is -0.154. The first kappa shape index (κ1) is 22.7. The number of hydrogen-bond donors (Lipinski definition) is 2. The van der Waals surface area contributed by atoms with Crippen LogP contribution in [-0.4, -0.2) is 55.7 Å². The number of halogens is 2. The summed E-state index contributed by atoms with van der Waals surface area (Å²) in [5, 5.41) is 9.60. The molecule has 0 saturated carbocycles. The van der Waals surface area contributed by atoms with Crippen LogP contribution in [0, 0.1) is 5.41 Å². The van der Waals surface area contributed by atoms with Gasteiger partial charge in [-0.15, -0.1) is 0 Å². The Hall–Kier alpha value is -1.55. The number of hydrogen-bond acceptors (Lipinski definition) is 5. The first-order valence-corrected chi connectivity index (χ1v) is 10.7. The summed E-state index contributed by atoms with van der Waals surface area (Å²) in [6.45, 7) is 4.82. The van der Waals surface area contributed by atoms with Crippen LogP contribution in [0.3, 0.4) is 0 Å². The second-order valence-electron chi connectivity index (χ2n) is 7.57. The smallest absolute Gasteiger partial charge is 0.407 e. The van der Waals surface area contributed by atoms with Gasteiger partial charge >= 0.3 is 12.1 Å². The molecule has 1 amide bonds. The third-order valence-corrected chi connectivity index (χ3v) is 6.42. The lowest BCUT2D eigenvalue weighted by Gasteiger charge is -2.23. The normalized spacial score (nSPS) is 20.2. The van der Waals surface area contributed by atoms with Crippen molar-refractivity contribution in [1.82, 2.24) is 9.62 Å². The van der Waals surface area contributed by atoms with Gasteiger partial charge in [0.25, 0.3) is 0 Å². The minimum absolute atomic E-state index is 0.000597. The molecule has 1 fully saturated rings. The topological polar surface area (TPSA) is 113 Å². The molecule has 2 N–H and O–H groups in total. The van der Waals surface area contributed by atoms with Crippen molar-refractivity contribution >= 4 is 45.3 Å². The zero-order valence-corrected chi connectivity index (χ0v) is 17.9. The van der Waals surface area contributed by atoms with Gasteiger partial charge in [-0.1, -0.05) is 23.2 Å². The van der Waals surface area contributed by atoms with Gasteiger partial charge in [0.1, 0.15) is 11.5 Å². The van der Waals surface area contributed by atoms with Crippen molar-refractivity contribution < 1.29 is 27.9 Å². The van der Waals surface area contributed by atoms with E-state index in [1.807, 2.05) is 0 Å². The molecule has 11 heteroatoms. The summed E-state index contributed by atoms with van der Waals surface area (Å²) in [7, 11) is -4.02. The molecular formula is C17H22Cl2N2O6S. The van der Waals surface area contributed by atoms with Crippen LogP contribution in [0.2, 0.25) is 10.0 Å². The fourth-order valence-electron chi connectivity index (χ4n) is 2.75. The lowest BCUT2D eigenvalue weighted by atomic mass is 9.97. The second-order valence-corrected chi connectivity index (χ2v) is 10.1. The van der Waals surface area contributed by atoms with E-state index in [2.05, 4.69) is 4.72 Å². The van der Waals surface area contributed by atoms with Crippen LogP contribution in [0.4, 0.5) is 4.79 Å². The van der Waals surface area contributed by atoms with Crippen LogP contribution in [0.5, 0.6) is 0 Å². The maximum atomic E-state index is 12.6. The number of nitrogens with one attached hydrogen (secondary N) is 1. The molecule has 1 heterocycles. The summed E-state index contributed by atoms with van der Waals surface area (Å²) in [6.07, 6.45) is -1.07. The fourth-order valence-corrected chi connectivity index (χ4v) is 4.75. The van der Waals surface area contributed by atoms with Gasteiger partial charge in [-0.3, -0.25) is 4.79 Å². The monoisotopic (exact) mass is 452 g/mol. The second kappa shape index (κ2) is 8.44. The number of carboxylic acid groups (broad SMARTS) is 1. The molecule has 2 atom stereocenters. The highest BCUT2D eigenvalue weighted by Gasteiger charge is 2.39. The summed E-state index contributed by atoms with van der Waals surface area (Å²) in [4.78, 5) is 24.3. The standard InChI is InChI=1S/C17H22Cl2N2O6S/c1-17(2,3)15(22)27-9-12-7-11(8-21(12)16(23)24)20-28(25,26)14-6-10(18)4-5-13(14)19/h4-6,11-12,20H,7-9H2,1-3H3,(H,23,24)/t11-,12-/m1/s1. The Morgan fingerprint density at radius 3 is 2.54 bits per heavy atom. The minimum Gasteiger partial charge on any atom is -0.465 e. The number of esters is 1. The van der Waals surface area contributed by atoms with Crippen molar-refractivity contribution in [3.63, 3.8) is 0 Å². The van der Waals surface area contributed by atoms with E-state index in [-0.39, 0.29) is 34.5 Å². The molecule has 1 aromatic rings. The highest BCUT2D eigenvalue weighted by molar-refractivity contribution is 7.89. The van der Waals surface area contributed by atoms with Gasteiger partial charge in [-0.25, -0.2) is 17.9 Å². The summed E-state index contributed by atoms with van der Waals surface area (Å²) in [6, 6.07) is 2.69. The van der Waals surface area contributed by atoms with Gasteiger partial charge in [0.15, 0.2) is 0 Å². The van der Waals surface area contributed by atoms with Crippen LogP contribution in [0.1, 0.15) is 27.2 Å². The molecule has 0 unspecified atom stereocenters. The number of carbonyl (C=O) groups is 2. The SMILES string of the molecule is CC(C)(C)C(=O)OC[C@H]1C[C@@H](NS(=O)(=O)c2cc(Cl)ccc2Cl)CN1C(=O)O. The minimum atomic E-state index is -4.02. The first-order valence-electron chi connectivity index (χ1n) is 8.45. The Morgan fingerprint density at radius 2 is 1.96 bits per heavy atom. The first-order chi connectivity index (χ1) is 12.8. The molecule has 1 aromatic carbocycles. The molecule has 0 aliphatic carbocycles. The van der Waals surface area contributed by atoms with E-state index in [9.17, 15) is 23.1 Å². The Kier molecular flexibility index (Phi) is 6.86. The molecule has 0 bridgehead atoms. The van der Waals surface area contributed by atoms with Crippen LogP contribution in [0.25, 0.3) is 0 Å². The van der Waals surface area contributed by atoms with Crippen molar-refractivity contribution in [2.75, 3.05) is 13.2 Å². The Morgan fingerprint density at radius 1 is 1.32 bits per heavy atom. The fraction of sp³-hybridized carbons (Fsp3) is 0.529. The van der Waals surface area contributed by atoms with Crippen LogP contribution in [-0.2, 0) is 19.6 Å². The van der Waals surface area contributed by atoms with Gasteiger partial charge in [0.2, 0.25) is 10.0 Å². The Bertz CT molecular complexity index is 869. The number of likely N-dealkylation sites (tertiary alicyclic amines) is 1. The lowest BCUT2D eigenvalue weighted by Crippen LogP contribution is -2.40. The number of ether oxygens (including phenoxy) is 1. The summed E-state index contributed by atoms with van der Waals surface area (Å²) >= 11 is 11.8. The highest BCUT2D eigenvalue weighted by Crippen LogP contribution is 2.27. The van der Waals surface area contributed by atoms with Crippen molar-refractivity contribution in [2.24, 2.45) is 5.41 Å². The molecule has 1 aliphatic heterocycles. The van der Waals surface area contributed by atoms with Gasteiger partial charge in [0, 0.05) is 17.6 Å². The van der Waals surface area contributed by atoms with Crippen molar-refractivity contribution in [2.45, 2.75) is 44.2 Å². The van der Waals surface area contributed by atoms with E-state index in [1.165, 1.54) is 18.2 Å². The van der Waals surface area contributed by atoms with E-state index in [0.29, 0.717) is 0 Å². The molecule has 1 aliphatic rings. The number of benzene rings is 1. The van der Waals surface area contributed by atoms with Gasteiger partial charge in [-0.2, -0.15) is 0 Å². The zero-order valence-electron chi connectivity index (χ0n) is 15.6. The van der Waals surface area contributed by atoms with E-state index in [4.69, 9.17) is 27.9 Å². The third-order valence-electron chi connectivity index (χ3n) is 4.18. The molecule has 0 spiro atoms. The number of sulfonamides is 1. The van der Waals surface area contributed by atoms with Crippen molar-refractivity contribution in [3.05, 3.63) is 28.2 Å². The van der Waals surface area contributed by atoms with Gasteiger partial charge < -0.3 is 14.7 Å². The summed E-state index contributed by atoms with van der Waals surface area (Å²) in [5.41, 5.74) is -0.725. The molecule has 2 rings (SSSR count). The summed E-state index contributed by atoms with van der Waals surface area (Å²) in [5.74, 6) is -0.465. The average Bonchev–Trinajstić information content (AvgIpc) is 2.96. The maximum absolute atomic E-state index is 12.6. The number of rotatable bonds is 5. The highest BCUT2D eigenvalue weighted by atomic mass is 35.5. The van der Waals surface area contributed by atoms with Crippen molar-refractivity contribution in [3.8, 4) is 0 Å². The predicted molar refractivity (Wildman–Crippen MR) is 104 cm³/mol. The largest absolute Gasteiger partial charge is 0.465 e. The Labute approximate surface area is 173 Å². The molecular weight excluding hydrogens is 431 g/mol. The number of nitrogens with zero attached hydrogens (tertiary/aromatic N) is 1. The van der Waals surface area contributed by atoms with E-state index >= 15 is 0 Å². The zero-order chi connectivity index (χ0) is 21.3. The van der Waals surface area contributed by atoms with Crippen LogP contribution in [0.15, 0.2) is 23.1 Å². The number of amides is 1. The molecule has 1 saturated heterocycles. The average molecular weight is 453 g/mol.